The van der Waals surface area contributed by atoms with Crippen molar-refractivity contribution in [2.45, 2.75) is 19.8 Å². The SMILES string of the molecule is CCNc1ccc(Cl)c(C(=O)N(C)CCN2CCCC2)n1. The summed E-state index contributed by atoms with van der Waals surface area (Å²) in [4.78, 5) is 20.9. The number of halogens is 1. The van der Waals surface area contributed by atoms with Crippen molar-refractivity contribution in [1.29, 1.82) is 0 Å². The van der Waals surface area contributed by atoms with Crippen LogP contribution in [0.4, 0.5) is 5.82 Å². The summed E-state index contributed by atoms with van der Waals surface area (Å²) in [6, 6.07) is 3.50. The van der Waals surface area contributed by atoms with Crippen LogP contribution in [0.25, 0.3) is 0 Å². The smallest absolute Gasteiger partial charge is 0.273 e. The van der Waals surface area contributed by atoms with Gasteiger partial charge < -0.3 is 15.1 Å². The normalized spacial score (nSPS) is 15.2. The maximum atomic E-state index is 12.5. The predicted octanol–water partition coefficient (Wildman–Crippen LogP) is 2.33. The van der Waals surface area contributed by atoms with Crippen LogP contribution in [0.2, 0.25) is 5.02 Å². The molecule has 0 saturated carbocycles. The Balaban J connectivity index is 1.98. The van der Waals surface area contributed by atoms with Crippen LogP contribution in [0, 0.1) is 0 Å². The first-order chi connectivity index (χ1) is 10.1. The van der Waals surface area contributed by atoms with E-state index in [4.69, 9.17) is 11.6 Å². The molecule has 0 spiro atoms. The van der Waals surface area contributed by atoms with E-state index in [-0.39, 0.29) is 5.91 Å². The van der Waals surface area contributed by atoms with Gasteiger partial charge >= 0.3 is 0 Å². The molecule has 1 aliphatic rings. The maximum absolute atomic E-state index is 12.5. The highest BCUT2D eigenvalue weighted by molar-refractivity contribution is 6.33. The summed E-state index contributed by atoms with van der Waals surface area (Å²) in [7, 11) is 1.80. The molecular weight excluding hydrogens is 288 g/mol. The van der Waals surface area contributed by atoms with Crippen LogP contribution in [-0.2, 0) is 0 Å². The molecule has 1 amide bonds. The van der Waals surface area contributed by atoms with Crippen LogP contribution in [0.15, 0.2) is 12.1 Å². The zero-order valence-corrected chi connectivity index (χ0v) is 13.5. The summed E-state index contributed by atoms with van der Waals surface area (Å²) < 4.78 is 0. The van der Waals surface area contributed by atoms with Gasteiger partial charge in [-0.2, -0.15) is 0 Å². The van der Waals surface area contributed by atoms with E-state index >= 15 is 0 Å². The number of nitrogens with zero attached hydrogens (tertiary/aromatic N) is 3. The minimum Gasteiger partial charge on any atom is -0.370 e. The van der Waals surface area contributed by atoms with Crippen LogP contribution in [0.5, 0.6) is 0 Å². The van der Waals surface area contributed by atoms with E-state index in [1.54, 1.807) is 24.1 Å². The number of amides is 1. The Morgan fingerprint density at radius 1 is 1.43 bits per heavy atom. The Labute approximate surface area is 131 Å². The summed E-state index contributed by atoms with van der Waals surface area (Å²) in [5.74, 6) is 0.553. The van der Waals surface area contributed by atoms with Crippen LogP contribution in [-0.4, -0.2) is 60.5 Å². The minimum atomic E-state index is -0.126. The molecule has 0 aliphatic carbocycles. The largest absolute Gasteiger partial charge is 0.370 e. The lowest BCUT2D eigenvalue weighted by Gasteiger charge is -2.21. The van der Waals surface area contributed by atoms with Gasteiger partial charge in [-0.1, -0.05) is 11.6 Å². The van der Waals surface area contributed by atoms with E-state index < -0.39 is 0 Å². The number of carbonyl (C=O) groups is 1. The van der Waals surface area contributed by atoms with Gasteiger partial charge in [0.2, 0.25) is 0 Å². The monoisotopic (exact) mass is 310 g/mol. The van der Waals surface area contributed by atoms with E-state index in [0.717, 1.165) is 26.2 Å². The van der Waals surface area contributed by atoms with E-state index in [0.29, 0.717) is 23.1 Å². The number of likely N-dealkylation sites (N-methyl/N-ethyl adjacent to an activating group) is 1. The number of anilines is 1. The molecule has 1 aromatic heterocycles. The number of pyridine rings is 1. The average Bonchev–Trinajstić information content (AvgIpc) is 2.99. The van der Waals surface area contributed by atoms with Crippen LogP contribution >= 0.6 is 11.6 Å². The molecule has 1 aromatic rings. The second-order valence-electron chi connectivity index (χ2n) is 5.33. The molecule has 0 radical (unpaired) electrons. The van der Waals surface area contributed by atoms with Gasteiger partial charge in [0.05, 0.1) is 5.02 Å². The predicted molar refractivity (Wildman–Crippen MR) is 86.0 cm³/mol. The summed E-state index contributed by atoms with van der Waals surface area (Å²) in [5.41, 5.74) is 0.319. The second kappa shape index (κ2) is 7.61. The molecule has 0 unspecified atom stereocenters. The topological polar surface area (TPSA) is 48.5 Å². The standard InChI is InChI=1S/C15H23ClN4O/c1-3-17-13-7-6-12(16)14(18-13)15(21)19(2)10-11-20-8-4-5-9-20/h6-7H,3-5,8-11H2,1-2H3,(H,17,18). The molecule has 0 bridgehead atoms. The number of hydrogen-bond donors (Lipinski definition) is 1. The van der Waals surface area contributed by atoms with Crippen molar-refractivity contribution in [3.63, 3.8) is 0 Å². The van der Waals surface area contributed by atoms with Gasteiger partial charge in [0.1, 0.15) is 11.5 Å². The van der Waals surface area contributed by atoms with Crippen molar-refractivity contribution in [2.75, 3.05) is 45.1 Å². The maximum Gasteiger partial charge on any atom is 0.273 e. The molecule has 116 valence electrons. The highest BCUT2D eigenvalue weighted by atomic mass is 35.5. The van der Waals surface area contributed by atoms with Gasteiger partial charge in [0.25, 0.3) is 5.91 Å². The molecular formula is C15H23ClN4O. The van der Waals surface area contributed by atoms with Crippen molar-refractivity contribution < 1.29 is 4.79 Å². The Morgan fingerprint density at radius 3 is 2.81 bits per heavy atom. The number of likely N-dealkylation sites (tertiary alicyclic amines) is 1. The lowest BCUT2D eigenvalue weighted by Crippen LogP contribution is -2.35. The molecule has 2 rings (SSSR count). The van der Waals surface area contributed by atoms with Crippen molar-refractivity contribution in [3.05, 3.63) is 22.8 Å². The first kappa shape index (κ1) is 16.0. The molecule has 0 atom stereocenters. The van der Waals surface area contributed by atoms with Gasteiger partial charge in [-0.3, -0.25) is 4.79 Å². The number of nitrogens with one attached hydrogen (secondary N) is 1. The average molecular weight is 311 g/mol. The van der Waals surface area contributed by atoms with Gasteiger partial charge in [0, 0.05) is 26.7 Å². The summed E-state index contributed by atoms with van der Waals surface area (Å²) >= 11 is 6.11. The van der Waals surface area contributed by atoms with Gasteiger partial charge in [-0.25, -0.2) is 4.98 Å². The van der Waals surface area contributed by atoms with Crippen molar-refractivity contribution in [2.24, 2.45) is 0 Å². The van der Waals surface area contributed by atoms with Crippen LogP contribution < -0.4 is 5.32 Å². The van der Waals surface area contributed by atoms with Crippen LogP contribution in [0.3, 0.4) is 0 Å². The molecule has 6 heteroatoms. The number of carbonyl (C=O) groups excluding carboxylic acids is 1. The fourth-order valence-electron chi connectivity index (χ4n) is 2.45. The highest BCUT2D eigenvalue weighted by Crippen LogP contribution is 2.18. The van der Waals surface area contributed by atoms with E-state index in [2.05, 4.69) is 15.2 Å². The second-order valence-corrected chi connectivity index (χ2v) is 5.74. The highest BCUT2D eigenvalue weighted by Gasteiger charge is 2.19. The summed E-state index contributed by atoms with van der Waals surface area (Å²) in [6.07, 6.45) is 2.52. The number of aromatic nitrogens is 1. The van der Waals surface area contributed by atoms with Crippen LogP contribution in [0.1, 0.15) is 30.3 Å². The minimum absolute atomic E-state index is 0.126. The summed E-state index contributed by atoms with van der Waals surface area (Å²) in [5, 5.41) is 3.49. The van der Waals surface area contributed by atoms with E-state index in [1.807, 2.05) is 6.92 Å². The zero-order chi connectivity index (χ0) is 15.2. The van der Waals surface area contributed by atoms with Crippen molar-refractivity contribution >= 4 is 23.3 Å². The molecule has 21 heavy (non-hydrogen) atoms. The van der Waals surface area contributed by atoms with Crippen molar-refractivity contribution in [3.8, 4) is 0 Å². The lowest BCUT2D eigenvalue weighted by atomic mass is 10.3. The summed E-state index contributed by atoms with van der Waals surface area (Å²) in [6.45, 7) is 6.62. The number of hydrogen-bond acceptors (Lipinski definition) is 4. The first-order valence-electron chi connectivity index (χ1n) is 7.50. The Kier molecular flexibility index (Phi) is 5.82. The molecule has 2 heterocycles. The Morgan fingerprint density at radius 2 is 2.14 bits per heavy atom. The fraction of sp³-hybridized carbons (Fsp3) is 0.600. The first-order valence-corrected chi connectivity index (χ1v) is 7.88. The molecule has 1 N–H and O–H groups in total. The third kappa shape index (κ3) is 4.32. The van der Waals surface area contributed by atoms with Gasteiger partial charge in [0.15, 0.2) is 0 Å². The van der Waals surface area contributed by atoms with E-state index in [1.165, 1.54) is 12.8 Å². The molecule has 1 fully saturated rings. The third-order valence-corrected chi connectivity index (χ3v) is 4.01. The Hall–Kier alpha value is -1.33. The zero-order valence-electron chi connectivity index (χ0n) is 12.7. The van der Waals surface area contributed by atoms with E-state index in [9.17, 15) is 4.79 Å². The van der Waals surface area contributed by atoms with Gasteiger partial charge in [-0.05, 0) is 45.0 Å². The third-order valence-electron chi connectivity index (χ3n) is 3.70. The lowest BCUT2D eigenvalue weighted by molar-refractivity contribution is 0.0777. The number of rotatable bonds is 6. The molecule has 0 aromatic carbocycles. The van der Waals surface area contributed by atoms with Gasteiger partial charge in [-0.15, -0.1) is 0 Å². The molecule has 5 nitrogen and oxygen atoms in total. The fourth-order valence-corrected chi connectivity index (χ4v) is 2.64. The Bertz CT molecular complexity index is 489. The quantitative estimate of drug-likeness (QED) is 0.876. The molecule has 1 saturated heterocycles. The molecule has 1 aliphatic heterocycles. The van der Waals surface area contributed by atoms with Crippen molar-refractivity contribution in [1.82, 2.24) is 14.8 Å².